The van der Waals surface area contributed by atoms with Crippen LogP contribution < -0.4 is 10.9 Å². The Hall–Kier alpha value is -2.54. The molecular weight excluding hydrogens is 318 g/mol. The highest BCUT2D eigenvalue weighted by molar-refractivity contribution is 5.93. The maximum absolute atomic E-state index is 12.6. The lowest BCUT2D eigenvalue weighted by atomic mass is 9.96. The molecule has 0 radical (unpaired) electrons. The van der Waals surface area contributed by atoms with Crippen molar-refractivity contribution >= 4 is 5.91 Å². The van der Waals surface area contributed by atoms with Gasteiger partial charge in [-0.2, -0.15) is 0 Å². The summed E-state index contributed by atoms with van der Waals surface area (Å²) in [4.78, 5) is 38.5. The molecule has 25 heavy (non-hydrogen) atoms. The number of pyridine rings is 1. The van der Waals surface area contributed by atoms with Crippen LogP contribution in [0.5, 0.6) is 0 Å². The van der Waals surface area contributed by atoms with E-state index in [-0.39, 0.29) is 11.5 Å². The Labute approximate surface area is 145 Å². The van der Waals surface area contributed by atoms with Crippen molar-refractivity contribution in [2.75, 3.05) is 19.6 Å². The van der Waals surface area contributed by atoms with E-state index in [1.165, 1.54) is 0 Å². The summed E-state index contributed by atoms with van der Waals surface area (Å²) in [6, 6.07) is 3.48. The van der Waals surface area contributed by atoms with E-state index in [2.05, 4.69) is 15.3 Å². The number of nitrogens with one attached hydrogen (secondary N) is 2. The van der Waals surface area contributed by atoms with E-state index in [1.54, 1.807) is 29.4 Å². The smallest absolute Gasteiger partial charge is 0.256 e. The third kappa shape index (κ3) is 3.19. The van der Waals surface area contributed by atoms with E-state index < -0.39 is 0 Å². The molecule has 7 heteroatoms. The zero-order valence-electron chi connectivity index (χ0n) is 14.0. The number of aromatic amines is 1. The van der Waals surface area contributed by atoms with Crippen molar-refractivity contribution in [3.8, 4) is 0 Å². The molecule has 1 fully saturated rings. The fraction of sp³-hybridized carbons (Fsp3) is 0.444. The number of aromatic nitrogens is 3. The molecular formula is C18H21N5O2. The Morgan fingerprint density at radius 2 is 2.12 bits per heavy atom. The van der Waals surface area contributed by atoms with Crippen LogP contribution in [0.4, 0.5) is 0 Å². The lowest BCUT2D eigenvalue weighted by Gasteiger charge is -2.29. The van der Waals surface area contributed by atoms with Crippen LogP contribution in [0, 0.1) is 0 Å². The number of fused-ring (bicyclic) bond motifs is 1. The third-order valence-corrected chi connectivity index (χ3v) is 5.01. The number of amides is 1. The summed E-state index contributed by atoms with van der Waals surface area (Å²) in [5.74, 6) is 1.02. The van der Waals surface area contributed by atoms with E-state index >= 15 is 0 Å². The summed E-state index contributed by atoms with van der Waals surface area (Å²) < 4.78 is 0. The number of carbonyl (C=O) groups is 1. The van der Waals surface area contributed by atoms with Crippen LogP contribution in [0.15, 0.2) is 29.3 Å². The minimum Gasteiger partial charge on any atom is -0.334 e. The summed E-state index contributed by atoms with van der Waals surface area (Å²) in [6.07, 6.45) is 5.80. The van der Waals surface area contributed by atoms with Gasteiger partial charge in [-0.15, -0.1) is 0 Å². The van der Waals surface area contributed by atoms with Gasteiger partial charge in [0.05, 0.1) is 23.4 Å². The molecule has 0 aliphatic carbocycles. The van der Waals surface area contributed by atoms with Crippen LogP contribution >= 0.6 is 0 Å². The van der Waals surface area contributed by atoms with E-state index in [4.69, 9.17) is 4.98 Å². The largest absolute Gasteiger partial charge is 0.334 e. The van der Waals surface area contributed by atoms with Gasteiger partial charge >= 0.3 is 0 Å². The average molecular weight is 339 g/mol. The normalized spacial score (nSPS) is 18.0. The van der Waals surface area contributed by atoms with Crippen LogP contribution in [0.25, 0.3) is 0 Å². The van der Waals surface area contributed by atoms with Crippen LogP contribution in [-0.4, -0.2) is 45.4 Å². The van der Waals surface area contributed by atoms with Gasteiger partial charge in [0.1, 0.15) is 5.82 Å². The molecule has 4 heterocycles. The monoisotopic (exact) mass is 339 g/mol. The van der Waals surface area contributed by atoms with Crippen LogP contribution in [0.1, 0.15) is 46.2 Å². The van der Waals surface area contributed by atoms with Gasteiger partial charge in [0.15, 0.2) is 0 Å². The lowest BCUT2D eigenvalue weighted by Crippen LogP contribution is -2.40. The SMILES string of the molecule is O=C(c1cccnc1)N1CCc2nc(C3CCNCC3)[nH]c(=O)c2C1. The van der Waals surface area contributed by atoms with Gasteiger partial charge in [0.2, 0.25) is 0 Å². The summed E-state index contributed by atoms with van der Waals surface area (Å²) in [7, 11) is 0. The van der Waals surface area contributed by atoms with E-state index in [0.29, 0.717) is 36.6 Å². The Balaban J connectivity index is 1.57. The lowest BCUT2D eigenvalue weighted by molar-refractivity contribution is 0.0732. The van der Waals surface area contributed by atoms with Gasteiger partial charge in [0, 0.05) is 31.3 Å². The molecule has 130 valence electrons. The van der Waals surface area contributed by atoms with Gasteiger partial charge in [-0.25, -0.2) is 4.98 Å². The van der Waals surface area contributed by atoms with Crippen molar-refractivity contribution in [3.05, 3.63) is 57.5 Å². The number of H-pyrrole nitrogens is 1. The van der Waals surface area contributed by atoms with Gasteiger partial charge in [-0.1, -0.05) is 0 Å². The molecule has 1 amide bonds. The molecule has 2 aromatic heterocycles. The zero-order chi connectivity index (χ0) is 17.2. The first-order chi connectivity index (χ1) is 12.2. The van der Waals surface area contributed by atoms with Crippen molar-refractivity contribution in [2.24, 2.45) is 0 Å². The second kappa shape index (κ2) is 6.76. The quantitative estimate of drug-likeness (QED) is 0.846. The molecule has 2 aliphatic rings. The number of rotatable bonds is 2. The van der Waals surface area contributed by atoms with E-state index in [9.17, 15) is 9.59 Å². The maximum atomic E-state index is 12.6. The van der Waals surface area contributed by atoms with Gasteiger partial charge in [-0.05, 0) is 38.1 Å². The fourth-order valence-electron chi connectivity index (χ4n) is 3.58. The number of hydrogen-bond acceptors (Lipinski definition) is 5. The summed E-state index contributed by atoms with van der Waals surface area (Å²) >= 11 is 0. The summed E-state index contributed by atoms with van der Waals surface area (Å²) in [5, 5.41) is 3.33. The first-order valence-corrected chi connectivity index (χ1v) is 8.74. The minimum atomic E-state index is -0.109. The predicted molar refractivity (Wildman–Crippen MR) is 92.4 cm³/mol. The standard InChI is InChI=1S/C18H21N5O2/c24-17-14-11-23(18(25)13-2-1-6-20-10-13)9-5-15(14)21-16(22-17)12-3-7-19-8-4-12/h1-2,6,10,12,19H,3-5,7-9,11H2,(H,21,22,24). The number of hydrogen-bond donors (Lipinski definition) is 2. The first kappa shape index (κ1) is 16.0. The second-order valence-electron chi connectivity index (χ2n) is 6.62. The van der Waals surface area contributed by atoms with Gasteiger partial charge < -0.3 is 15.2 Å². The molecule has 0 spiro atoms. The summed E-state index contributed by atoms with van der Waals surface area (Å²) in [5.41, 5.74) is 1.89. The molecule has 0 bridgehead atoms. The number of nitrogens with zero attached hydrogens (tertiary/aromatic N) is 3. The van der Waals surface area contributed by atoms with Crippen molar-refractivity contribution in [2.45, 2.75) is 31.7 Å². The second-order valence-corrected chi connectivity index (χ2v) is 6.62. The number of piperidine rings is 1. The van der Waals surface area contributed by atoms with Crippen LogP contribution in [-0.2, 0) is 13.0 Å². The first-order valence-electron chi connectivity index (χ1n) is 8.74. The molecule has 2 N–H and O–H groups in total. The Bertz CT molecular complexity index is 827. The molecule has 1 saturated heterocycles. The minimum absolute atomic E-state index is 0.0967. The van der Waals surface area contributed by atoms with Crippen molar-refractivity contribution in [1.29, 1.82) is 0 Å². The maximum Gasteiger partial charge on any atom is 0.256 e. The highest BCUT2D eigenvalue weighted by atomic mass is 16.2. The molecule has 0 saturated carbocycles. The number of carbonyl (C=O) groups excluding carboxylic acids is 1. The van der Waals surface area contributed by atoms with Crippen LogP contribution in [0.2, 0.25) is 0 Å². The van der Waals surface area contributed by atoms with E-state index in [0.717, 1.165) is 37.4 Å². The third-order valence-electron chi connectivity index (χ3n) is 5.01. The molecule has 7 nitrogen and oxygen atoms in total. The predicted octanol–water partition coefficient (Wildman–Crippen LogP) is 0.830. The van der Waals surface area contributed by atoms with Crippen molar-refractivity contribution < 1.29 is 4.79 Å². The molecule has 0 atom stereocenters. The molecule has 4 rings (SSSR count). The highest BCUT2D eigenvalue weighted by Gasteiger charge is 2.27. The molecule has 2 aliphatic heterocycles. The molecule has 2 aromatic rings. The molecule has 0 unspecified atom stereocenters. The Kier molecular flexibility index (Phi) is 4.31. The van der Waals surface area contributed by atoms with Crippen LogP contribution in [0.3, 0.4) is 0 Å². The van der Waals surface area contributed by atoms with Gasteiger partial charge in [-0.3, -0.25) is 14.6 Å². The Morgan fingerprint density at radius 3 is 2.88 bits per heavy atom. The van der Waals surface area contributed by atoms with Crippen molar-refractivity contribution in [1.82, 2.24) is 25.2 Å². The highest BCUT2D eigenvalue weighted by Crippen LogP contribution is 2.23. The zero-order valence-corrected chi connectivity index (χ0v) is 14.0. The van der Waals surface area contributed by atoms with Crippen molar-refractivity contribution in [3.63, 3.8) is 0 Å². The topological polar surface area (TPSA) is 91.0 Å². The van der Waals surface area contributed by atoms with Gasteiger partial charge in [0.25, 0.3) is 11.5 Å². The summed E-state index contributed by atoms with van der Waals surface area (Å²) in [6.45, 7) is 2.79. The average Bonchev–Trinajstić information content (AvgIpc) is 2.68. The fourth-order valence-corrected chi connectivity index (χ4v) is 3.58. The van der Waals surface area contributed by atoms with E-state index in [1.807, 2.05) is 0 Å². The Morgan fingerprint density at radius 1 is 1.28 bits per heavy atom. The molecule has 0 aromatic carbocycles.